The number of alkyl halides is 3. The zero-order valence-corrected chi connectivity index (χ0v) is 25.8. The van der Waals surface area contributed by atoms with E-state index in [1.165, 1.54) is 6.07 Å². The number of carbonyl (C=O) groups is 1. The zero-order valence-electron chi connectivity index (χ0n) is 25.8. The van der Waals surface area contributed by atoms with Gasteiger partial charge >= 0.3 is 6.18 Å². The third kappa shape index (κ3) is 7.57. The fourth-order valence-corrected chi connectivity index (χ4v) is 5.69. The van der Waals surface area contributed by atoms with E-state index in [1.807, 2.05) is 36.0 Å². The van der Waals surface area contributed by atoms with Gasteiger partial charge in [-0.15, -0.1) is 0 Å². The van der Waals surface area contributed by atoms with Gasteiger partial charge in [0.05, 0.1) is 29.5 Å². The summed E-state index contributed by atoms with van der Waals surface area (Å²) < 4.78 is 41.7. The summed E-state index contributed by atoms with van der Waals surface area (Å²) in [5.41, 5.74) is 5.36. The molecule has 4 N–H and O–H groups in total. The molecule has 1 aliphatic carbocycles. The number of benzene rings is 2. The molecule has 1 atom stereocenters. The standard InChI is InChI=1S/C32H38F3N9O2/c1-20-3-4-24(16-27(20)40-30-26(18-42(2)41-30)28-17-29(37-19-36-28)38-23-5-6-23)39-31(46)21-13-22(32(33,34)35)15-25(14-21)44-9-7-43(8-10-44)11-12-45/h3-4,13-17,19,23,26,45H,5-12,18H2,1-2H3,(H,39,46)(H,40,41)(H,36,37,38). The van der Waals surface area contributed by atoms with Crippen LogP contribution in [-0.2, 0) is 6.18 Å². The van der Waals surface area contributed by atoms with Gasteiger partial charge in [0.2, 0.25) is 0 Å². The second-order valence-corrected chi connectivity index (χ2v) is 12.1. The molecule has 6 rings (SSSR count). The molecule has 3 heterocycles. The number of aliphatic hydroxyl groups excluding tert-OH is 1. The van der Waals surface area contributed by atoms with Crippen LogP contribution in [0.4, 0.5) is 36.1 Å². The van der Waals surface area contributed by atoms with Crippen molar-refractivity contribution in [2.45, 2.75) is 37.9 Å². The van der Waals surface area contributed by atoms with E-state index in [2.05, 4.69) is 30.9 Å². The molecule has 0 spiro atoms. The third-order valence-corrected chi connectivity index (χ3v) is 8.44. The van der Waals surface area contributed by atoms with Gasteiger partial charge in [-0.25, -0.2) is 20.0 Å². The number of nitrogens with one attached hydrogen (secondary N) is 3. The van der Waals surface area contributed by atoms with E-state index < -0.39 is 17.6 Å². The number of anilines is 3. The third-order valence-electron chi connectivity index (χ3n) is 8.44. The van der Waals surface area contributed by atoms with Gasteiger partial charge in [-0.05, 0) is 55.7 Å². The molecular formula is C32H38F3N9O2. The number of likely N-dealkylation sites (N-methyl/N-ethyl adjacent to an activating group) is 1. The van der Waals surface area contributed by atoms with Gasteiger partial charge in [-0.3, -0.25) is 9.69 Å². The van der Waals surface area contributed by atoms with Crippen LogP contribution in [0.3, 0.4) is 0 Å². The van der Waals surface area contributed by atoms with Crippen molar-refractivity contribution in [3.8, 4) is 0 Å². The number of piperazine rings is 1. The number of β-amino-alcohol motifs (C(OH)–C–C–N with tert-alkyl or cyclic N) is 1. The Morgan fingerprint density at radius 2 is 1.87 bits per heavy atom. The topological polar surface area (TPSA) is 121 Å². The molecular weight excluding hydrogens is 599 g/mol. The molecule has 1 saturated carbocycles. The maximum atomic E-state index is 13.9. The Balaban J connectivity index is 1.22. The molecule has 3 fully saturated rings. The number of amidine groups is 1. The zero-order chi connectivity index (χ0) is 32.4. The van der Waals surface area contributed by atoms with E-state index in [0.29, 0.717) is 68.2 Å². The molecule has 1 aromatic heterocycles. The van der Waals surface area contributed by atoms with Crippen LogP contribution >= 0.6 is 0 Å². The number of hydrazine groups is 1. The summed E-state index contributed by atoms with van der Waals surface area (Å²) in [4.78, 5) is 31.0. The Bertz CT molecular complexity index is 1600. The van der Waals surface area contributed by atoms with Gasteiger partial charge in [-0.2, -0.15) is 13.2 Å². The van der Waals surface area contributed by atoms with E-state index in [9.17, 15) is 23.1 Å². The summed E-state index contributed by atoms with van der Waals surface area (Å²) in [6, 6.07) is 11.1. The Kier molecular flexibility index (Phi) is 9.11. The number of carbonyl (C=O) groups excluding carboxylic acids is 1. The summed E-state index contributed by atoms with van der Waals surface area (Å²) in [5.74, 6) is 0.678. The number of nitrogens with zero attached hydrogens (tertiary/aromatic N) is 6. The van der Waals surface area contributed by atoms with E-state index in [-0.39, 0.29) is 18.1 Å². The first kappa shape index (κ1) is 31.7. The molecule has 244 valence electrons. The van der Waals surface area contributed by atoms with Gasteiger partial charge in [0.15, 0.2) is 0 Å². The number of halogens is 3. The average Bonchev–Trinajstić information content (AvgIpc) is 3.77. The molecule has 1 amide bonds. The summed E-state index contributed by atoms with van der Waals surface area (Å²) in [6.07, 6.45) is -0.810. The number of aliphatic imine (C=N–C) groups is 1. The lowest BCUT2D eigenvalue weighted by Crippen LogP contribution is -2.47. The smallest absolute Gasteiger partial charge is 0.395 e. The molecule has 1 unspecified atom stereocenters. The highest BCUT2D eigenvalue weighted by atomic mass is 19.4. The first-order valence-corrected chi connectivity index (χ1v) is 15.4. The largest absolute Gasteiger partial charge is 0.416 e. The van der Waals surface area contributed by atoms with Crippen molar-refractivity contribution in [3.63, 3.8) is 0 Å². The van der Waals surface area contributed by atoms with Gasteiger partial charge in [0, 0.05) is 75.4 Å². The highest BCUT2D eigenvalue weighted by Crippen LogP contribution is 2.34. The van der Waals surface area contributed by atoms with Crippen LogP contribution < -0.4 is 21.0 Å². The Labute approximate surface area is 265 Å². The monoisotopic (exact) mass is 637 g/mol. The second kappa shape index (κ2) is 13.2. The number of aromatic nitrogens is 2. The van der Waals surface area contributed by atoms with Crippen molar-refractivity contribution in [1.29, 1.82) is 0 Å². The van der Waals surface area contributed by atoms with Crippen molar-refractivity contribution < 1.29 is 23.1 Å². The van der Waals surface area contributed by atoms with Crippen molar-refractivity contribution in [2.75, 3.05) is 68.5 Å². The molecule has 2 aliphatic heterocycles. The highest BCUT2D eigenvalue weighted by Gasteiger charge is 2.33. The van der Waals surface area contributed by atoms with Crippen LogP contribution in [0.5, 0.6) is 0 Å². The van der Waals surface area contributed by atoms with Crippen LogP contribution in [0.15, 0.2) is 53.8 Å². The maximum Gasteiger partial charge on any atom is 0.416 e. The SMILES string of the molecule is Cc1ccc(NC(=O)c2cc(N3CCN(CCO)CC3)cc(C(F)(F)F)c2)cc1N=C1NN(C)CC1c1cc(NC2CC2)ncn1. The Morgan fingerprint density at radius 3 is 2.59 bits per heavy atom. The minimum atomic E-state index is -4.62. The van der Waals surface area contributed by atoms with Gasteiger partial charge in [0.1, 0.15) is 18.0 Å². The average molecular weight is 638 g/mol. The summed E-state index contributed by atoms with van der Waals surface area (Å²) in [5, 5.41) is 17.3. The number of rotatable bonds is 9. The lowest BCUT2D eigenvalue weighted by atomic mass is 10.0. The molecule has 3 aromatic rings. The maximum absolute atomic E-state index is 13.9. The van der Waals surface area contributed by atoms with Gasteiger partial charge in [0.25, 0.3) is 5.91 Å². The molecule has 3 aliphatic rings. The van der Waals surface area contributed by atoms with E-state index >= 15 is 0 Å². The number of hydrogen-bond donors (Lipinski definition) is 4. The fourth-order valence-electron chi connectivity index (χ4n) is 5.69. The first-order chi connectivity index (χ1) is 22.1. The number of hydrogen-bond acceptors (Lipinski definition) is 9. The predicted molar refractivity (Wildman–Crippen MR) is 171 cm³/mol. The molecule has 46 heavy (non-hydrogen) atoms. The van der Waals surface area contributed by atoms with Crippen LogP contribution in [0.25, 0.3) is 0 Å². The van der Waals surface area contributed by atoms with Gasteiger partial charge in [-0.1, -0.05) is 6.07 Å². The molecule has 0 radical (unpaired) electrons. The predicted octanol–water partition coefficient (Wildman–Crippen LogP) is 4.01. The minimum Gasteiger partial charge on any atom is -0.395 e. The number of aliphatic hydroxyl groups is 1. The lowest BCUT2D eigenvalue weighted by Gasteiger charge is -2.36. The van der Waals surface area contributed by atoms with E-state index in [0.717, 1.165) is 42.0 Å². The Morgan fingerprint density at radius 1 is 1.09 bits per heavy atom. The summed E-state index contributed by atoms with van der Waals surface area (Å²) in [7, 11) is 1.92. The quantitative estimate of drug-likeness (QED) is 0.276. The molecule has 2 aromatic carbocycles. The number of amides is 1. The van der Waals surface area contributed by atoms with Crippen molar-refractivity contribution in [3.05, 3.63) is 71.2 Å². The minimum absolute atomic E-state index is 0.0240. The van der Waals surface area contributed by atoms with Crippen LogP contribution in [0.1, 0.15) is 45.9 Å². The molecule has 0 bridgehead atoms. The highest BCUT2D eigenvalue weighted by molar-refractivity contribution is 6.05. The van der Waals surface area contributed by atoms with Crippen LogP contribution in [0, 0.1) is 6.92 Å². The van der Waals surface area contributed by atoms with Crippen molar-refractivity contribution in [2.24, 2.45) is 4.99 Å². The van der Waals surface area contributed by atoms with E-state index in [1.54, 1.807) is 18.5 Å². The first-order valence-electron chi connectivity index (χ1n) is 15.4. The lowest BCUT2D eigenvalue weighted by molar-refractivity contribution is -0.137. The van der Waals surface area contributed by atoms with Crippen molar-refractivity contribution in [1.82, 2.24) is 25.3 Å². The van der Waals surface area contributed by atoms with Crippen LogP contribution in [-0.4, -0.2) is 95.7 Å². The Hall–Kier alpha value is -4.27. The summed E-state index contributed by atoms with van der Waals surface area (Å²) >= 11 is 0. The summed E-state index contributed by atoms with van der Waals surface area (Å²) in [6.45, 7) is 5.27. The van der Waals surface area contributed by atoms with E-state index in [4.69, 9.17) is 4.99 Å². The van der Waals surface area contributed by atoms with Gasteiger partial charge < -0.3 is 26.1 Å². The molecule has 11 nitrogen and oxygen atoms in total. The molecule has 14 heteroatoms. The van der Waals surface area contributed by atoms with Crippen molar-refractivity contribution >= 4 is 34.6 Å². The fraction of sp³-hybridized carbons (Fsp3) is 0.438. The number of aryl methyl sites for hydroxylation is 1. The molecule has 2 saturated heterocycles. The normalized spacial score (nSPS) is 20.2. The second-order valence-electron chi connectivity index (χ2n) is 12.1. The van der Waals surface area contributed by atoms with Crippen LogP contribution in [0.2, 0.25) is 0 Å².